The number of hydrogen-bond acceptors (Lipinski definition) is 6. The minimum absolute atomic E-state index is 0.0758. The summed E-state index contributed by atoms with van der Waals surface area (Å²) in [5.74, 6) is 2.37. The maximum absolute atomic E-state index is 12.6. The molecular formula is C25H39Br2N3O3S. The highest BCUT2D eigenvalue weighted by Gasteiger charge is 2.25. The fraction of sp³-hybridized carbons (Fsp3) is 0.720. The number of likely N-dealkylation sites (N-methyl/N-ethyl adjacent to an activating group) is 2. The number of nitrogens with zero attached hydrogens (tertiary/aromatic N) is 3. The van der Waals surface area contributed by atoms with Gasteiger partial charge in [-0.25, -0.2) is 4.31 Å². The van der Waals surface area contributed by atoms with Gasteiger partial charge in [0.15, 0.2) is 0 Å². The minimum atomic E-state index is 0.0758. The second kappa shape index (κ2) is 14.4. The van der Waals surface area contributed by atoms with Crippen molar-refractivity contribution in [2.75, 3.05) is 67.1 Å². The molecule has 0 aromatic heterocycles. The Morgan fingerprint density at radius 3 is 2.47 bits per heavy atom. The summed E-state index contributed by atoms with van der Waals surface area (Å²) < 4.78 is 15.2. The predicted octanol–water partition coefficient (Wildman–Crippen LogP) is 5.54. The molecule has 0 radical (unpaired) electrons. The van der Waals surface area contributed by atoms with Gasteiger partial charge in [0, 0.05) is 35.6 Å². The zero-order chi connectivity index (χ0) is 24.5. The smallest absolute Gasteiger partial charge is 0.248 e. The third-order valence-corrected chi connectivity index (χ3v) is 9.30. The van der Waals surface area contributed by atoms with Crippen LogP contribution in [0.3, 0.4) is 0 Å². The van der Waals surface area contributed by atoms with Gasteiger partial charge in [-0.2, -0.15) is 0 Å². The SMILES string of the molecule is COc1cc(Br)cc(Br)c1SN(C)CCOCC(=O)N(C)C[C@H]1CC[C@H](CN2CCCC2)CC1. The van der Waals surface area contributed by atoms with Gasteiger partial charge >= 0.3 is 0 Å². The number of likely N-dealkylation sites (tertiary alicyclic amines) is 1. The molecule has 1 aromatic carbocycles. The zero-order valence-electron chi connectivity index (χ0n) is 20.7. The first-order valence-electron chi connectivity index (χ1n) is 12.3. The van der Waals surface area contributed by atoms with Gasteiger partial charge in [0.25, 0.3) is 0 Å². The predicted molar refractivity (Wildman–Crippen MR) is 146 cm³/mol. The number of benzene rings is 1. The van der Waals surface area contributed by atoms with Crippen LogP contribution in [0.5, 0.6) is 5.75 Å². The summed E-state index contributed by atoms with van der Waals surface area (Å²) >= 11 is 8.69. The molecule has 0 atom stereocenters. The van der Waals surface area contributed by atoms with Gasteiger partial charge in [0.1, 0.15) is 12.4 Å². The molecule has 0 spiro atoms. The van der Waals surface area contributed by atoms with E-state index in [4.69, 9.17) is 9.47 Å². The number of amides is 1. The lowest BCUT2D eigenvalue weighted by atomic mass is 9.81. The van der Waals surface area contributed by atoms with Gasteiger partial charge in [0.05, 0.1) is 18.6 Å². The van der Waals surface area contributed by atoms with Crippen LogP contribution in [-0.2, 0) is 9.53 Å². The minimum Gasteiger partial charge on any atom is -0.495 e. The van der Waals surface area contributed by atoms with E-state index < -0.39 is 0 Å². The van der Waals surface area contributed by atoms with Crippen molar-refractivity contribution < 1.29 is 14.3 Å². The van der Waals surface area contributed by atoms with Crippen molar-refractivity contribution in [2.24, 2.45) is 11.8 Å². The quantitative estimate of drug-likeness (QED) is 0.226. The fourth-order valence-corrected chi connectivity index (χ4v) is 7.12. The Bertz CT molecular complexity index is 787. The van der Waals surface area contributed by atoms with E-state index in [1.165, 1.54) is 58.2 Å². The summed E-state index contributed by atoms with van der Waals surface area (Å²) in [5, 5.41) is 0. The van der Waals surface area contributed by atoms with Gasteiger partial charge in [-0.05, 0) is 111 Å². The van der Waals surface area contributed by atoms with Crippen molar-refractivity contribution in [1.82, 2.24) is 14.1 Å². The van der Waals surface area contributed by atoms with E-state index in [1.54, 1.807) is 19.1 Å². The summed E-state index contributed by atoms with van der Waals surface area (Å²) in [5.41, 5.74) is 0. The first-order chi connectivity index (χ1) is 16.4. The van der Waals surface area contributed by atoms with Crippen molar-refractivity contribution in [3.05, 3.63) is 21.1 Å². The highest BCUT2D eigenvalue weighted by Crippen LogP contribution is 2.39. The van der Waals surface area contributed by atoms with Crippen molar-refractivity contribution in [3.63, 3.8) is 0 Å². The molecule has 0 unspecified atom stereocenters. The Balaban J connectivity index is 1.30. The number of rotatable bonds is 12. The Kier molecular flexibility index (Phi) is 12.0. The van der Waals surface area contributed by atoms with Crippen molar-refractivity contribution >= 4 is 49.7 Å². The molecule has 1 heterocycles. The Morgan fingerprint density at radius 1 is 1.12 bits per heavy atom. The maximum atomic E-state index is 12.6. The number of halogens is 2. The maximum Gasteiger partial charge on any atom is 0.248 e. The number of carbonyl (C=O) groups is 1. The second-order valence-corrected chi connectivity index (χ2v) is 12.6. The normalized spacial score (nSPS) is 21.2. The third-order valence-electron chi connectivity index (χ3n) is 6.86. The van der Waals surface area contributed by atoms with Gasteiger partial charge < -0.3 is 19.3 Å². The summed E-state index contributed by atoms with van der Waals surface area (Å²) in [6, 6.07) is 3.95. The molecule has 1 saturated heterocycles. The summed E-state index contributed by atoms with van der Waals surface area (Å²) in [7, 11) is 5.60. The molecule has 1 amide bonds. The molecule has 1 aliphatic carbocycles. The van der Waals surface area contributed by atoms with Crippen LogP contribution < -0.4 is 4.74 Å². The Labute approximate surface area is 226 Å². The first-order valence-corrected chi connectivity index (χ1v) is 14.7. The van der Waals surface area contributed by atoms with Gasteiger partial charge in [0.2, 0.25) is 5.91 Å². The van der Waals surface area contributed by atoms with Crippen LogP contribution in [-0.4, -0.2) is 87.2 Å². The lowest BCUT2D eigenvalue weighted by Crippen LogP contribution is -2.37. The van der Waals surface area contributed by atoms with E-state index in [0.717, 1.165) is 32.1 Å². The standard InChI is InChI=1S/C25H39Br2N3O3S/c1-28(16-19-6-8-20(9-7-19)17-30-10-4-5-11-30)24(31)18-33-13-12-29(2)34-25-22(27)14-21(26)15-23(25)32-3/h14-15,19-20H,4-13,16-18H2,1-3H3/t19-,20-. The third kappa shape index (κ3) is 8.96. The summed E-state index contributed by atoms with van der Waals surface area (Å²) in [4.78, 5) is 18.1. The lowest BCUT2D eigenvalue weighted by molar-refractivity contribution is -0.135. The lowest BCUT2D eigenvalue weighted by Gasteiger charge is -2.33. The molecule has 2 aliphatic rings. The highest BCUT2D eigenvalue weighted by atomic mass is 79.9. The van der Waals surface area contributed by atoms with Gasteiger partial charge in [-0.3, -0.25) is 4.79 Å². The summed E-state index contributed by atoms with van der Waals surface area (Å²) in [6.45, 7) is 6.07. The van der Waals surface area contributed by atoms with Crippen LogP contribution in [0, 0.1) is 11.8 Å². The van der Waals surface area contributed by atoms with E-state index >= 15 is 0 Å². The van der Waals surface area contributed by atoms with Crippen molar-refractivity contribution in [1.29, 1.82) is 0 Å². The molecule has 0 N–H and O–H groups in total. The van der Waals surface area contributed by atoms with E-state index in [2.05, 4.69) is 41.1 Å². The number of ether oxygens (including phenoxy) is 2. The molecule has 192 valence electrons. The number of methoxy groups -OCH3 is 1. The molecular weight excluding hydrogens is 582 g/mol. The molecule has 1 aromatic rings. The molecule has 1 saturated carbocycles. The molecule has 3 rings (SSSR count). The first kappa shape index (κ1) is 28.3. The molecule has 9 heteroatoms. The Hall–Kier alpha value is -0.320. The summed E-state index contributed by atoms with van der Waals surface area (Å²) in [6.07, 6.45) is 7.85. The van der Waals surface area contributed by atoms with Gasteiger partial charge in [-0.1, -0.05) is 15.9 Å². The van der Waals surface area contributed by atoms with Crippen LogP contribution in [0.4, 0.5) is 0 Å². The van der Waals surface area contributed by atoms with E-state index in [1.807, 2.05) is 31.1 Å². The van der Waals surface area contributed by atoms with Gasteiger partial charge in [-0.15, -0.1) is 0 Å². The molecule has 6 nitrogen and oxygen atoms in total. The van der Waals surface area contributed by atoms with Crippen LogP contribution in [0.25, 0.3) is 0 Å². The van der Waals surface area contributed by atoms with Crippen LogP contribution in [0.1, 0.15) is 38.5 Å². The number of hydrogen-bond donors (Lipinski definition) is 0. The zero-order valence-corrected chi connectivity index (χ0v) is 24.7. The van der Waals surface area contributed by atoms with Crippen LogP contribution in [0.15, 0.2) is 26.0 Å². The highest BCUT2D eigenvalue weighted by molar-refractivity contribution is 9.11. The van der Waals surface area contributed by atoms with Crippen molar-refractivity contribution in [3.8, 4) is 5.75 Å². The molecule has 0 bridgehead atoms. The average Bonchev–Trinajstić information content (AvgIpc) is 3.32. The van der Waals surface area contributed by atoms with Crippen molar-refractivity contribution in [2.45, 2.75) is 43.4 Å². The van der Waals surface area contributed by atoms with Crippen LogP contribution in [0.2, 0.25) is 0 Å². The Morgan fingerprint density at radius 2 is 1.79 bits per heavy atom. The molecule has 2 fully saturated rings. The monoisotopic (exact) mass is 619 g/mol. The molecule has 34 heavy (non-hydrogen) atoms. The number of carbonyl (C=O) groups excluding carboxylic acids is 1. The fourth-order valence-electron chi connectivity index (χ4n) is 4.86. The topological polar surface area (TPSA) is 45.3 Å². The van der Waals surface area contributed by atoms with E-state index in [-0.39, 0.29) is 12.5 Å². The van der Waals surface area contributed by atoms with E-state index in [0.29, 0.717) is 19.1 Å². The van der Waals surface area contributed by atoms with E-state index in [9.17, 15) is 4.79 Å². The molecule has 1 aliphatic heterocycles. The largest absolute Gasteiger partial charge is 0.495 e. The average molecular weight is 621 g/mol. The van der Waals surface area contributed by atoms with Crippen LogP contribution >= 0.6 is 43.8 Å². The second-order valence-electron chi connectivity index (χ2n) is 9.58.